The van der Waals surface area contributed by atoms with Crippen LogP contribution >= 0.6 is 15.9 Å². The van der Waals surface area contributed by atoms with E-state index in [0.717, 1.165) is 6.07 Å². The lowest BCUT2D eigenvalue weighted by molar-refractivity contribution is -0.140. The van der Waals surface area contributed by atoms with Crippen LogP contribution in [0.5, 0.6) is 0 Å². The van der Waals surface area contributed by atoms with Gasteiger partial charge in [-0.25, -0.2) is 4.39 Å². The zero-order valence-electron chi connectivity index (χ0n) is 11.0. The summed E-state index contributed by atoms with van der Waals surface area (Å²) in [6.45, 7) is 2.42. The molecule has 1 aromatic carbocycles. The summed E-state index contributed by atoms with van der Waals surface area (Å²) in [6.07, 6.45) is -5.09. The van der Waals surface area contributed by atoms with Crippen LogP contribution in [0.15, 0.2) is 16.6 Å². The third kappa shape index (κ3) is 3.37. The molecule has 0 aliphatic carbocycles. The van der Waals surface area contributed by atoms with Crippen molar-refractivity contribution < 1.29 is 27.1 Å². The second-order valence-corrected chi connectivity index (χ2v) is 5.57. The van der Waals surface area contributed by atoms with Crippen molar-refractivity contribution in [2.45, 2.75) is 19.2 Å². The van der Waals surface area contributed by atoms with Gasteiger partial charge in [0.15, 0.2) is 0 Å². The fraction of sp³-hybridized carbons (Fsp3) is 0.462. The number of benzene rings is 1. The van der Waals surface area contributed by atoms with Gasteiger partial charge < -0.3 is 9.64 Å². The van der Waals surface area contributed by atoms with Crippen LogP contribution in [0, 0.1) is 5.82 Å². The number of hydrogen-bond donors (Lipinski definition) is 0. The molecule has 0 bridgehead atoms. The van der Waals surface area contributed by atoms with E-state index in [1.807, 2.05) is 0 Å². The third-order valence-corrected chi connectivity index (χ3v) is 3.80. The van der Waals surface area contributed by atoms with Crippen molar-refractivity contribution >= 4 is 21.8 Å². The molecule has 0 N–H and O–H groups in total. The molecule has 21 heavy (non-hydrogen) atoms. The van der Waals surface area contributed by atoms with Gasteiger partial charge in [0.1, 0.15) is 5.82 Å². The second-order valence-electron chi connectivity index (χ2n) is 4.71. The molecule has 1 aliphatic heterocycles. The van der Waals surface area contributed by atoms with E-state index >= 15 is 0 Å². The first kappa shape index (κ1) is 16.2. The van der Waals surface area contributed by atoms with E-state index in [0.29, 0.717) is 6.07 Å². The predicted octanol–water partition coefficient (Wildman–Crippen LogP) is 3.47. The molecule has 0 saturated carbocycles. The minimum absolute atomic E-state index is 0.00264. The number of rotatable bonds is 1. The average Bonchev–Trinajstić information content (AvgIpc) is 2.37. The SMILES string of the molecule is CC1CN(C(=O)c2c(Br)ccc(C(F)(F)F)c2F)CCO1. The fourth-order valence-electron chi connectivity index (χ4n) is 2.13. The molecule has 1 unspecified atom stereocenters. The standard InChI is InChI=1S/C13H12BrF4NO2/c1-7-6-19(4-5-21-7)12(20)10-9(14)3-2-8(11(10)15)13(16,17)18/h2-3,7H,4-6H2,1H3. The van der Waals surface area contributed by atoms with Crippen molar-refractivity contribution in [3.05, 3.63) is 33.5 Å². The van der Waals surface area contributed by atoms with Gasteiger partial charge in [-0.1, -0.05) is 0 Å². The Morgan fingerprint density at radius 2 is 2.10 bits per heavy atom. The van der Waals surface area contributed by atoms with Crippen molar-refractivity contribution in [2.24, 2.45) is 0 Å². The van der Waals surface area contributed by atoms with Crippen LogP contribution in [-0.2, 0) is 10.9 Å². The van der Waals surface area contributed by atoms with E-state index in [9.17, 15) is 22.4 Å². The Bertz CT molecular complexity index is 562. The van der Waals surface area contributed by atoms with E-state index in [2.05, 4.69) is 15.9 Å². The topological polar surface area (TPSA) is 29.5 Å². The summed E-state index contributed by atoms with van der Waals surface area (Å²) < 4.78 is 57.5. The Labute approximate surface area is 127 Å². The lowest BCUT2D eigenvalue weighted by Gasteiger charge is -2.31. The van der Waals surface area contributed by atoms with Gasteiger partial charge in [-0.3, -0.25) is 4.79 Å². The predicted molar refractivity (Wildman–Crippen MR) is 70.4 cm³/mol. The highest BCUT2D eigenvalue weighted by atomic mass is 79.9. The maximum Gasteiger partial charge on any atom is 0.419 e. The lowest BCUT2D eigenvalue weighted by atomic mass is 10.1. The number of hydrogen-bond acceptors (Lipinski definition) is 2. The summed E-state index contributed by atoms with van der Waals surface area (Å²) in [5, 5.41) is 0. The number of carbonyl (C=O) groups excluding carboxylic acids is 1. The summed E-state index contributed by atoms with van der Waals surface area (Å²) in [5.41, 5.74) is -2.05. The number of carbonyl (C=O) groups is 1. The van der Waals surface area contributed by atoms with Crippen molar-refractivity contribution in [2.75, 3.05) is 19.7 Å². The first-order valence-corrected chi connectivity index (χ1v) is 6.97. The van der Waals surface area contributed by atoms with Crippen LogP contribution < -0.4 is 0 Å². The van der Waals surface area contributed by atoms with Crippen molar-refractivity contribution in [3.63, 3.8) is 0 Å². The molecular weight excluding hydrogens is 358 g/mol. The highest BCUT2D eigenvalue weighted by molar-refractivity contribution is 9.10. The molecule has 3 nitrogen and oxygen atoms in total. The van der Waals surface area contributed by atoms with Crippen LogP contribution in [0.25, 0.3) is 0 Å². The smallest absolute Gasteiger partial charge is 0.375 e. The van der Waals surface area contributed by atoms with Gasteiger partial charge in [-0.05, 0) is 35.0 Å². The zero-order chi connectivity index (χ0) is 15.8. The van der Waals surface area contributed by atoms with E-state index < -0.39 is 29.0 Å². The Kier molecular flexibility index (Phi) is 4.57. The average molecular weight is 370 g/mol. The minimum atomic E-state index is -4.85. The van der Waals surface area contributed by atoms with Gasteiger partial charge in [0.2, 0.25) is 0 Å². The molecular formula is C13H12BrF4NO2. The molecule has 1 fully saturated rings. The van der Waals surface area contributed by atoms with Crippen LogP contribution in [0.3, 0.4) is 0 Å². The van der Waals surface area contributed by atoms with Crippen molar-refractivity contribution in [1.82, 2.24) is 4.90 Å². The summed E-state index contributed by atoms with van der Waals surface area (Å²) in [6, 6.07) is 1.64. The Balaban J connectivity index is 2.41. The highest BCUT2D eigenvalue weighted by Crippen LogP contribution is 2.35. The number of halogens is 5. The van der Waals surface area contributed by atoms with Gasteiger partial charge >= 0.3 is 6.18 Å². The molecule has 0 spiro atoms. The molecule has 116 valence electrons. The van der Waals surface area contributed by atoms with Gasteiger partial charge in [0.25, 0.3) is 5.91 Å². The first-order valence-electron chi connectivity index (χ1n) is 6.18. The maximum atomic E-state index is 14.1. The molecule has 0 aromatic heterocycles. The van der Waals surface area contributed by atoms with Gasteiger partial charge in [0.05, 0.1) is 23.8 Å². The van der Waals surface area contributed by atoms with Gasteiger partial charge in [-0.15, -0.1) is 0 Å². The summed E-state index contributed by atoms with van der Waals surface area (Å²) in [4.78, 5) is 13.6. The van der Waals surface area contributed by atoms with Crippen molar-refractivity contribution in [3.8, 4) is 0 Å². The summed E-state index contributed by atoms with van der Waals surface area (Å²) in [5.74, 6) is -2.33. The summed E-state index contributed by atoms with van der Waals surface area (Å²) in [7, 11) is 0. The highest BCUT2D eigenvalue weighted by Gasteiger charge is 2.37. The molecule has 1 aromatic rings. The van der Waals surface area contributed by atoms with Crippen molar-refractivity contribution in [1.29, 1.82) is 0 Å². The quantitative estimate of drug-likeness (QED) is 0.709. The van der Waals surface area contributed by atoms with Crippen LogP contribution in [-0.4, -0.2) is 36.6 Å². The van der Waals surface area contributed by atoms with Crippen LogP contribution in [0.2, 0.25) is 0 Å². The molecule has 1 heterocycles. The van der Waals surface area contributed by atoms with Gasteiger partial charge in [0, 0.05) is 17.6 Å². The Hall–Kier alpha value is -1.15. The first-order chi connectivity index (χ1) is 9.71. The maximum absolute atomic E-state index is 14.1. The number of alkyl halides is 3. The van der Waals surface area contributed by atoms with E-state index in [4.69, 9.17) is 4.74 Å². The fourth-order valence-corrected chi connectivity index (χ4v) is 2.60. The number of nitrogens with zero attached hydrogens (tertiary/aromatic N) is 1. The van der Waals surface area contributed by atoms with E-state index in [1.54, 1.807) is 6.92 Å². The van der Waals surface area contributed by atoms with E-state index in [1.165, 1.54) is 4.90 Å². The number of ether oxygens (including phenoxy) is 1. The van der Waals surface area contributed by atoms with Crippen LogP contribution in [0.1, 0.15) is 22.8 Å². The largest absolute Gasteiger partial charge is 0.419 e. The third-order valence-electron chi connectivity index (χ3n) is 3.14. The van der Waals surface area contributed by atoms with Gasteiger partial charge in [-0.2, -0.15) is 13.2 Å². The Morgan fingerprint density at radius 3 is 2.67 bits per heavy atom. The second kappa shape index (κ2) is 5.92. The zero-order valence-corrected chi connectivity index (χ0v) is 12.6. The number of amides is 1. The van der Waals surface area contributed by atoms with Crippen LogP contribution in [0.4, 0.5) is 17.6 Å². The van der Waals surface area contributed by atoms with E-state index in [-0.39, 0.29) is 30.3 Å². The molecule has 1 atom stereocenters. The molecule has 1 saturated heterocycles. The monoisotopic (exact) mass is 369 g/mol. The number of morpholine rings is 1. The normalized spacial score (nSPS) is 19.7. The molecule has 1 amide bonds. The molecule has 8 heteroatoms. The molecule has 0 radical (unpaired) electrons. The minimum Gasteiger partial charge on any atom is -0.375 e. The Morgan fingerprint density at radius 1 is 1.43 bits per heavy atom. The molecule has 2 rings (SSSR count). The summed E-state index contributed by atoms with van der Waals surface area (Å²) >= 11 is 2.94. The lowest BCUT2D eigenvalue weighted by Crippen LogP contribution is -2.45. The molecule has 1 aliphatic rings.